The van der Waals surface area contributed by atoms with Crippen molar-refractivity contribution in [2.24, 2.45) is 0 Å². The van der Waals surface area contributed by atoms with Crippen molar-refractivity contribution in [1.82, 2.24) is 9.97 Å². The number of hydrogen-bond acceptors (Lipinski definition) is 2. The summed E-state index contributed by atoms with van der Waals surface area (Å²) in [5.74, 6) is -1.85. The molecule has 0 saturated heterocycles. The van der Waals surface area contributed by atoms with Gasteiger partial charge in [0.05, 0.1) is 0 Å². The molecule has 1 aromatic carbocycles. The van der Waals surface area contributed by atoms with E-state index in [1.54, 1.807) is 0 Å². The van der Waals surface area contributed by atoms with E-state index in [-0.39, 0.29) is 22.0 Å². The summed E-state index contributed by atoms with van der Waals surface area (Å²) in [6.45, 7) is 1.49. The van der Waals surface area contributed by atoms with Crippen molar-refractivity contribution in [2.45, 2.75) is 6.92 Å². The molecule has 2 rings (SSSR count). The van der Waals surface area contributed by atoms with E-state index >= 15 is 0 Å². The van der Waals surface area contributed by atoms with Crippen LogP contribution in [0, 0.1) is 18.6 Å². The number of hydrogen-bond donors (Lipinski definition) is 0. The van der Waals surface area contributed by atoms with Crippen molar-refractivity contribution < 1.29 is 8.78 Å². The van der Waals surface area contributed by atoms with Crippen LogP contribution in [0.15, 0.2) is 24.5 Å². The molecule has 0 fully saturated rings. The van der Waals surface area contributed by atoms with Crippen LogP contribution in [-0.4, -0.2) is 9.97 Å². The van der Waals surface area contributed by atoms with Crippen LogP contribution >= 0.6 is 11.6 Å². The molecule has 0 radical (unpaired) electrons. The Morgan fingerprint density at radius 3 is 2.44 bits per heavy atom. The number of halogens is 3. The summed E-state index contributed by atoms with van der Waals surface area (Å²) in [6, 6.07) is 2.91. The highest BCUT2D eigenvalue weighted by atomic mass is 35.5. The van der Waals surface area contributed by atoms with Crippen LogP contribution < -0.4 is 0 Å². The van der Waals surface area contributed by atoms with Gasteiger partial charge in [-0.25, -0.2) is 13.8 Å². The molecule has 5 heteroatoms. The molecule has 0 spiro atoms. The van der Waals surface area contributed by atoms with Gasteiger partial charge in [-0.15, -0.1) is 0 Å². The summed E-state index contributed by atoms with van der Waals surface area (Å²) in [4.78, 5) is 7.64. The molecule has 0 aliphatic rings. The SMILES string of the molecule is Cc1ccc(-c2nccnc2Cl)c(F)c1F. The van der Waals surface area contributed by atoms with Gasteiger partial charge in [-0.1, -0.05) is 17.7 Å². The van der Waals surface area contributed by atoms with Crippen LogP contribution in [0.5, 0.6) is 0 Å². The van der Waals surface area contributed by atoms with Crippen LogP contribution in [0.2, 0.25) is 5.15 Å². The standard InChI is InChI=1S/C11H7ClF2N2/c1-6-2-3-7(9(14)8(6)13)10-11(12)16-5-4-15-10/h2-5H,1H3. The quantitative estimate of drug-likeness (QED) is 0.764. The topological polar surface area (TPSA) is 25.8 Å². The summed E-state index contributed by atoms with van der Waals surface area (Å²) in [7, 11) is 0. The Morgan fingerprint density at radius 1 is 1.06 bits per heavy atom. The molecule has 0 unspecified atom stereocenters. The highest BCUT2D eigenvalue weighted by Crippen LogP contribution is 2.28. The van der Waals surface area contributed by atoms with Crippen LogP contribution in [0.25, 0.3) is 11.3 Å². The summed E-state index contributed by atoms with van der Waals surface area (Å²) in [5, 5.41) is 0.0460. The molecule has 0 amide bonds. The monoisotopic (exact) mass is 240 g/mol. The summed E-state index contributed by atoms with van der Waals surface area (Å²) < 4.78 is 27.0. The maximum absolute atomic E-state index is 13.6. The van der Waals surface area contributed by atoms with Gasteiger partial charge >= 0.3 is 0 Å². The zero-order chi connectivity index (χ0) is 11.7. The molecule has 0 N–H and O–H groups in total. The first-order valence-electron chi connectivity index (χ1n) is 4.52. The van der Waals surface area contributed by atoms with E-state index in [1.165, 1.54) is 31.5 Å². The van der Waals surface area contributed by atoms with Crippen molar-refractivity contribution in [3.05, 3.63) is 46.9 Å². The predicted molar refractivity (Wildman–Crippen MR) is 57.1 cm³/mol. The molecule has 1 heterocycles. The van der Waals surface area contributed by atoms with E-state index in [2.05, 4.69) is 9.97 Å². The van der Waals surface area contributed by atoms with E-state index in [0.29, 0.717) is 0 Å². The third-order valence-electron chi connectivity index (χ3n) is 2.18. The zero-order valence-electron chi connectivity index (χ0n) is 8.34. The Bertz CT molecular complexity index is 544. The van der Waals surface area contributed by atoms with Gasteiger partial charge in [0.15, 0.2) is 16.8 Å². The maximum Gasteiger partial charge on any atom is 0.168 e. The number of aromatic nitrogens is 2. The fraction of sp³-hybridized carbons (Fsp3) is 0.0909. The highest BCUT2D eigenvalue weighted by molar-refractivity contribution is 6.31. The van der Waals surface area contributed by atoms with E-state index < -0.39 is 11.6 Å². The fourth-order valence-corrected chi connectivity index (χ4v) is 1.54. The lowest BCUT2D eigenvalue weighted by Crippen LogP contribution is -1.96. The van der Waals surface area contributed by atoms with Crippen molar-refractivity contribution in [2.75, 3.05) is 0 Å². The second-order valence-electron chi connectivity index (χ2n) is 3.25. The number of nitrogens with zero attached hydrogens (tertiary/aromatic N) is 2. The lowest BCUT2D eigenvalue weighted by molar-refractivity contribution is 0.505. The molecule has 2 aromatic rings. The lowest BCUT2D eigenvalue weighted by Gasteiger charge is -2.06. The van der Waals surface area contributed by atoms with Gasteiger partial charge in [0, 0.05) is 18.0 Å². The van der Waals surface area contributed by atoms with Gasteiger partial charge in [0.25, 0.3) is 0 Å². The Labute approximate surface area is 95.9 Å². The Morgan fingerprint density at radius 2 is 1.75 bits per heavy atom. The molecule has 0 atom stereocenters. The van der Waals surface area contributed by atoms with Gasteiger partial charge in [0.2, 0.25) is 0 Å². The largest absolute Gasteiger partial charge is 0.251 e. The van der Waals surface area contributed by atoms with Crippen LogP contribution in [-0.2, 0) is 0 Å². The molecule has 0 bridgehead atoms. The minimum atomic E-state index is -0.956. The minimum absolute atomic E-state index is 0.0150. The van der Waals surface area contributed by atoms with Crippen LogP contribution in [0.4, 0.5) is 8.78 Å². The number of benzene rings is 1. The molecule has 0 aliphatic heterocycles. The minimum Gasteiger partial charge on any atom is -0.251 e. The van der Waals surface area contributed by atoms with Gasteiger partial charge in [-0.05, 0) is 18.6 Å². The molecule has 82 valence electrons. The average Bonchev–Trinajstić information content (AvgIpc) is 2.28. The normalized spacial score (nSPS) is 10.5. The van der Waals surface area contributed by atoms with E-state index in [0.717, 1.165) is 0 Å². The fourth-order valence-electron chi connectivity index (χ4n) is 1.33. The molecular formula is C11H7ClF2N2. The second kappa shape index (κ2) is 4.14. The Balaban J connectivity index is 2.66. The van der Waals surface area contributed by atoms with E-state index in [9.17, 15) is 8.78 Å². The molecule has 2 nitrogen and oxygen atoms in total. The van der Waals surface area contributed by atoms with Crippen LogP contribution in [0.1, 0.15) is 5.56 Å². The highest BCUT2D eigenvalue weighted by Gasteiger charge is 2.15. The maximum atomic E-state index is 13.6. The summed E-state index contributed by atoms with van der Waals surface area (Å²) in [5.41, 5.74) is 0.392. The van der Waals surface area contributed by atoms with Crippen molar-refractivity contribution in [3.63, 3.8) is 0 Å². The number of rotatable bonds is 1. The van der Waals surface area contributed by atoms with Gasteiger partial charge < -0.3 is 0 Å². The first kappa shape index (κ1) is 11.0. The van der Waals surface area contributed by atoms with Gasteiger partial charge in [-0.3, -0.25) is 4.98 Å². The van der Waals surface area contributed by atoms with Crippen molar-refractivity contribution >= 4 is 11.6 Å². The van der Waals surface area contributed by atoms with Crippen molar-refractivity contribution in [3.8, 4) is 11.3 Å². The number of aryl methyl sites for hydroxylation is 1. The van der Waals surface area contributed by atoms with Gasteiger partial charge in [-0.2, -0.15) is 0 Å². The van der Waals surface area contributed by atoms with Crippen molar-refractivity contribution in [1.29, 1.82) is 0 Å². The molecule has 16 heavy (non-hydrogen) atoms. The van der Waals surface area contributed by atoms with E-state index in [4.69, 9.17) is 11.6 Å². The third kappa shape index (κ3) is 1.76. The first-order chi connectivity index (χ1) is 7.61. The molecular weight excluding hydrogens is 234 g/mol. The summed E-state index contributed by atoms with van der Waals surface area (Å²) in [6.07, 6.45) is 2.76. The second-order valence-corrected chi connectivity index (χ2v) is 3.61. The Hall–Kier alpha value is -1.55. The first-order valence-corrected chi connectivity index (χ1v) is 4.90. The summed E-state index contributed by atoms with van der Waals surface area (Å²) >= 11 is 5.76. The molecule has 1 aromatic heterocycles. The Kier molecular flexibility index (Phi) is 2.83. The van der Waals surface area contributed by atoms with Gasteiger partial charge in [0.1, 0.15) is 5.69 Å². The molecule has 0 aliphatic carbocycles. The van der Waals surface area contributed by atoms with E-state index in [1.807, 2.05) is 0 Å². The average molecular weight is 241 g/mol. The third-order valence-corrected chi connectivity index (χ3v) is 2.46. The molecule has 0 saturated carbocycles. The smallest absolute Gasteiger partial charge is 0.168 e. The van der Waals surface area contributed by atoms with Crippen LogP contribution in [0.3, 0.4) is 0 Å². The zero-order valence-corrected chi connectivity index (χ0v) is 9.09. The lowest BCUT2D eigenvalue weighted by atomic mass is 10.1. The predicted octanol–water partition coefficient (Wildman–Crippen LogP) is 3.38.